The molecule has 0 saturated carbocycles. The molecule has 0 spiro atoms. The number of carbonyl (C=O) groups excluding carboxylic acids is 2. The average molecular weight is 449 g/mol. The first kappa shape index (κ1) is 22.0. The molecule has 0 atom stereocenters. The second-order valence-corrected chi connectivity index (χ2v) is 8.91. The number of hydrogen-bond donors (Lipinski definition) is 0. The Morgan fingerprint density at radius 2 is 1.60 bits per heavy atom. The van der Waals surface area contributed by atoms with Crippen LogP contribution in [0.1, 0.15) is 5.56 Å². The molecule has 2 aromatic carbocycles. The van der Waals surface area contributed by atoms with Gasteiger partial charge in [0.1, 0.15) is 0 Å². The monoisotopic (exact) mass is 448 g/mol. The molecule has 3 rings (SSSR count). The van der Waals surface area contributed by atoms with Crippen LogP contribution in [0.25, 0.3) is 6.08 Å². The highest BCUT2D eigenvalue weighted by Crippen LogP contribution is 2.18. The number of halogens is 1. The van der Waals surface area contributed by atoms with Crippen LogP contribution in [0, 0.1) is 0 Å². The quantitative estimate of drug-likeness (QED) is 0.500. The van der Waals surface area contributed by atoms with Crippen LogP contribution in [0.2, 0.25) is 5.02 Å². The molecule has 1 aliphatic heterocycles. The Kier molecular flexibility index (Phi) is 7.25. The molecule has 1 saturated heterocycles. The van der Waals surface area contributed by atoms with Crippen molar-refractivity contribution in [3.05, 3.63) is 71.3 Å². The maximum atomic E-state index is 12.6. The van der Waals surface area contributed by atoms with Crippen LogP contribution in [0.4, 0.5) is 0 Å². The van der Waals surface area contributed by atoms with Gasteiger partial charge in [0.2, 0.25) is 10.0 Å². The fourth-order valence-corrected chi connectivity index (χ4v) is 4.60. The highest BCUT2D eigenvalue weighted by molar-refractivity contribution is 7.89. The lowest BCUT2D eigenvalue weighted by atomic mass is 10.2. The zero-order valence-electron chi connectivity index (χ0n) is 16.1. The van der Waals surface area contributed by atoms with Gasteiger partial charge in [-0.05, 0) is 29.8 Å². The minimum atomic E-state index is -3.58. The number of esters is 1. The molecule has 0 radical (unpaired) electrons. The van der Waals surface area contributed by atoms with Crippen molar-refractivity contribution < 1.29 is 22.7 Å². The number of ether oxygens (including phenoxy) is 1. The Hall–Kier alpha value is -2.68. The first-order valence-electron chi connectivity index (χ1n) is 9.30. The van der Waals surface area contributed by atoms with Crippen molar-refractivity contribution in [2.24, 2.45) is 0 Å². The highest BCUT2D eigenvalue weighted by atomic mass is 35.5. The van der Waals surface area contributed by atoms with Gasteiger partial charge in [-0.15, -0.1) is 0 Å². The number of carbonyl (C=O) groups is 2. The van der Waals surface area contributed by atoms with Crippen molar-refractivity contribution in [1.29, 1.82) is 0 Å². The molecular weight excluding hydrogens is 428 g/mol. The van der Waals surface area contributed by atoms with Gasteiger partial charge < -0.3 is 9.64 Å². The fraction of sp³-hybridized carbons (Fsp3) is 0.238. The van der Waals surface area contributed by atoms with Gasteiger partial charge in [-0.3, -0.25) is 4.79 Å². The Labute approximate surface area is 180 Å². The lowest BCUT2D eigenvalue weighted by molar-refractivity contribution is -0.148. The number of amides is 1. The molecule has 30 heavy (non-hydrogen) atoms. The molecule has 1 aliphatic rings. The Balaban J connectivity index is 1.47. The molecule has 7 nitrogen and oxygen atoms in total. The first-order valence-corrected chi connectivity index (χ1v) is 11.1. The third kappa shape index (κ3) is 5.47. The van der Waals surface area contributed by atoms with E-state index in [1.807, 2.05) is 0 Å². The van der Waals surface area contributed by atoms with Gasteiger partial charge in [-0.25, -0.2) is 13.2 Å². The summed E-state index contributed by atoms with van der Waals surface area (Å²) in [5, 5.41) is 0.501. The molecule has 0 N–H and O–H groups in total. The van der Waals surface area contributed by atoms with Crippen molar-refractivity contribution in [3.8, 4) is 0 Å². The van der Waals surface area contributed by atoms with Crippen LogP contribution >= 0.6 is 11.6 Å². The smallest absolute Gasteiger partial charge is 0.331 e. The fourth-order valence-electron chi connectivity index (χ4n) is 2.96. The zero-order valence-corrected chi connectivity index (χ0v) is 17.7. The van der Waals surface area contributed by atoms with E-state index in [0.717, 1.165) is 0 Å². The van der Waals surface area contributed by atoms with Crippen LogP contribution in [0.15, 0.2) is 65.6 Å². The van der Waals surface area contributed by atoms with Gasteiger partial charge >= 0.3 is 5.97 Å². The number of piperazine rings is 1. The molecule has 1 fully saturated rings. The summed E-state index contributed by atoms with van der Waals surface area (Å²) in [6.07, 6.45) is 2.72. The SMILES string of the molecule is O=C(/C=C/c1ccccc1Cl)OCC(=O)N1CCN(S(=O)(=O)c2ccccc2)CC1. The topological polar surface area (TPSA) is 84.0 Å². The van der Waals surface area contributed by atoms with Crippen LogP contribution < -0.4 is 0 Å². The third-order valence-corrected chi connectivity index (χ3v) is 6.87. The second kappa shape index (κ2) is 9.88. The molecular formula is C21H21ClN2O5S. The maximum absolute atomic E-state index is 12.6. The van der Waals surface area contributed by atoms with Crippen LogP contribution in [0.5, 0.6) is 0 Å². The van der Waals surface area contributed by atoms with Crippen molar-refractivity contribution in [1.82, 2.24) is 9.21 Å². The van der Waals surface area contributed by atoms with Crippen LogP contribution in [0.3, 0.4) is 0 Å². The maximum Gasteiger partial charge on any atom is 0.331 e. The van der Waals surface area contributed by atoms with Crippen molar-refractivity contribution in [2.75, 3.05) is 32.8 Å². The van der Waals surface area contributed by atoms with Gasteiger partial charge in [0.05, 0.1) is 4.90 Å². The molecule has 0 aliphatic carbocycles. The molecule has 1 amide bonds. The highest BCUT2D eigenvalue weighted by Gasteiger charge is 2.30. The molecule has 0 unspecified atom stereocenters. The average Bonchev–Trinajstić information content (AvgIpc) is 2.77. The van der Waals surface area contributed by atoms with Gasteiger partial charge in [0.25, 0.3) is 5.91 Å². The number of nitrogens with zero attached hydrogens (tertiary/aromatic N) is 2. The normalized spacial score (nSPS) is 15.3. The Bertz CT molecular complexity index is 1030. The van der Waals surface area contributed by atoms with E-state index in [9.17, 15) is 18.0 Å². The van der Waals surface area contributed by atoms with Gasteiger partial charge in [-0.2, -0.15) is 4.31 Å². The summed E-state index contributed by atoms with van der Waals surface area (Å²) in [6.45, 7) is 0.430. The molecule has 0 bridgehead atoms. The van der Waals surface area contributed by atoms with Gasteiger partial charge in [0, 0.05) is 37.3 Å². The molecule has 158 valence electrons. The van der Waals surface area contributed by atoms with E-state index in [0.29, 0.717) is 10.6 Å². The predicted octanol–water partition coefficient (Wildman–Crippen LogP) is 2.43. The van der Waals surface area contributed by atoms with E-state index in [4.69, 9.17) is 16.3 Å². The summed E-state index contributed by atoms with van der Waals surface area (Å²) in [5.74, 6) is -1.03. The summed E-state index contributed by atoms with van der Waals surface area (Å²) >= 11 is 6.01. The minimum Gasteiger partial charge on any atom is -0.452 e. The second-order valence-electron chi connectivity index (χ2n) is 6.56. The van der Waals surface area contributed by atoms with Crippen LogP contribution in [-0.2, 0) is 24.3 Å². The van der Waals surface area contributed by atoms with Crippen LogP contribution in [-0.4, -0.2) is 62.3 Å². The molecule has 0 aromatic heterocycles. The number of hydrogen-bond acceptors (Lipinski definition) is 5. The first-order chi connectivity index (χ1) is 14.4. The lowest BCUT2D eigenvalue weighted by Crippen LogP contribution is -2.51. The zero-order chi connectivity index (χ0) is 21.6. The van der Waals surface area contributed by atoms with E-state index in [1.54, 1.807) is 54.6 Å². The molecule has 9 heteroatoms. The van der Waals surface area contributed by atoms with E-state index in [1.165, 1.54) is 21.4 Å². The number of sulfonamides is 1. The Morgan fingerprint density at radius 1 is 0.967 bits per heavy atom. The Morgan fingerprint density at radius 3 is 2.27 bits per heavy atom. The molecule has 2 aromatic rings. The van der Waals surface area contributed by atoms with E-state index in [2.05, 4.69) is 0 Å². The largest absolute Gasteiger partial charge is 0.452 e. The standard InChI is InChI=1S/C21H21ClN2O5S/c22-19-9-5-4-6-17(19)10-11-21(26)29-16-20(25)23-12-14-24(15-13-23)30(27,28)18-7-2-1-3-8-18/h1-11H,12-16H2/b11-10+. The lowest BCUT2D eigenvalue weighted by Gasteiger charge is -2.33. The summed E-state index contributed by atoms with van der Waals surface area (Å²) in [6, 6.07) is 15.2. The number of benzene rings is 2. The van der Waals surface area contributed by atoms with E-state index < -0.39 is 22.6 Å². The molecule has 1 heterocycles. The predicted molar refractivity (Wildman–Crippen MR) is 113 cm³/mol. The van der Waals surface area contributed by atoms with Gasteiger partial charge in [-0.1, -0.05) is 48.0 Å². The summed E-state index contributed by atoms with van der Waals surface area (Å²) < 4.78 is 31.6. The number of rotatable bonds is 6. The van der Waals surface area contributed by atoms with Crippen molar-refractivity contribution in [2.45, 2.75) is 4.90 Å². The van der Waals surface area contributed by atoms with Crippen molar-refractivity contribution >= 4 is 39.6 Å². The van der Waals surface area contributed by atoms with E-state index in [-0.39, 0.29) is 37.0 Å². The summed E-state index contributed by atoms with van der Waals surface area (Å²) in [7, 11) is -3.58. The van der Waals surface area contributed by atoms with Crippen molar-refractivity contribution in [3.63, 3.8) is 0 Å². The summed E-state index contributed by atoms with van der Waals surface area (Å²) in [5.41, 5.74) is 0.665. The van der Waals surface area contributed by atoms with Gasteiger partial charge in [0.15, 0.2) is 6.61 Å². The van der Waals surface area contributed by atoms with E-state index >= 15 is 0 Å². The minimum absolute atomic E-state index is 0.184. The summed E-state index contributed by atoms with van der Waals surface area (Å²) in [4.78, 5) is 25.9. The third-order valence-electron chi connectivity index (χ3n) is 4.61.